The lowest BCUT2D eigenvalue weighted by atomic mass is 10.2. The molecule has 0 saturated carbocycles. The Bertz CT molecular complexity index is 868. The van der Waals surface area contributed by atoms with E-state index in [0.717, 1.165) is 16.8 Å². The first-order valence-electron chi connectivity index (χ1n) is 8.39. The van der Waals surface area contributed by atoms with Gasteiger partial charge in [0.25, 0.3) is 0 Å². The predicted octanol–water partition coefficient (Wildman–Crippen LogP) is 2.92. The second-order valence-electron chi connectivity index (χ2n) is 6.04. The van der Waals surface area contributed by atoms with Gasteiger partial charge in [-0.05, 0) is 24.6 Å². The summed E-state index contributed by atoms with van der Waals surface area (Å²) >= 11 is 0. The third kappa shape index (κ3) is 4.63. The lowest BCUT2D eigenvalue weighted by Crippen LogP contribution is -2.31. The van der Waals surface area contributed by atoms with Crippen molar-refractivity contribution in [2.45, 2.75) is 13.5 Å². The Morgan fingerprint density at radius 1 is 1.08 bits per heavy atom. The van der Waals surface area contributed by atoms with Gasteiger partial charge in [0.15, 0.2) is 5.82 Å². The van der Waals surface area contributed by atoms with Gasteiger partial charge >= 0.3 is 0 Å². The summed E-state index contributed by atoms with van der Waals surface area (Å²) in [5, 5.41) is 3.10. The lowest BCUT2D eigenvalue weighted by Gasteiger charge is -2.18. The Morgan fingerprint density at radius 2 is 1.81 bits per heavy atom. The Kier molecular flexibility index (Phi) is 5.53. The number of likely N-dealkylation sites (N-methyl/N-ethyl adjacent to an activating group) is 1. The number of rotatable bonds is 6. The normalized spacial score (nSPS) is 10.4. The molecule has 1 amide bonds. The Morgan fingerprint density at radius 3 is 2.54 bits per heavy atom. The van der Waals surface area contributed by atoms with Crippen LogP contribution in [-0.4, -0.2) is 39.4 Å². The maximum atomic E-state index is 12.4. The van der Waals surface area contributed by atoms with Crippen molar-refractivity contribution in [2.24, 2.45) is 0 Å². The van der Waals surface area contributed by atoms with E-state index in [9.17, 15) is 4.79 Å². The molecule has 1 N–H and O–H groups in total. The van der Waals surface area contributed by atoms with Crippen LogP contribution >= 0.6 is 0 Å². The molecule has 0 atom stereocenters. The fourth-order valence-electron chi connectivity index (χ4n) is 2.54. The molecule has 0 aliphatic heterocycles. The van der Waals surface area contributed by atoms with Gasteiger partial charge in [0.1, 0.15) is 5.82 Å². The summed E-state index contributed by atoms with van der Waals surface area (Å²) in [5.41, 5.74) is 2.82. The van der Waals surface area contributed by atoms with E-state index in [0.29, 0.717) is 18.2 Å². The van der Waals surface area contributed by atoms with Crippen LogP contribution < -0.4 is 5.32 Å². The molecule has 6 nitrogen and oxygen atoms in total. The molecule has 0 aliphatic carbocycles. The van der Waals surface area contributed by atoms with Gasteiger partial charge in [-0.1, -0.05) is 30.3 Å². The predicted molar refractivity (Wildman–Crippen MR) is 101 cm³/mol. The van der Waals surface area contributed by atoms with E-state index in [1.54, 1.807) is 24.3 Å². The zero-order valence-electron chi connectivity index (χ0n) is 14.9. The molecular weight excluding hydrogens is 326 g/mol. The van der Waals surface area contributed by atoms with Crippen molar-refractivity contribution < 1.29 is 4.79 Å². The van der Waals surface area contributed by atoms with Gasteiger partial charge in [0.2, 0.25) is 5.91 Å². The smallest absolute Gasteiger partial charge is 0.241 e. The van der Waals surface area contributed by atoms with Crippen molar-refractivity contribution in [3.8, 4) is 11.4 Å². The molecule has 26 heavy (non-hydrogen) atoms. The highest BCUT2D eigenvalue weighted by atomic mass is 16.2. The molecule has 132 valence electrons. The molecule has 0 aliphatic rings. The second-order valence-corrected chi connectivity index (χ2v) is 6.04. The zero-order valence-corrected chi connectivity index (χ0v) is 14.9. The van der Waals surface area contributed by atoms with Gasteiger partial charge < -0.3 is 10.2 Å². The number of anilines is 1. The molecule has 0 spiro atoms. The number of amides is 1. The van der Waals surface area contributed by atoms with E-state index in [-0.39, 0.29) is 12.5 Å². The van der Waals surface area contributed by atoms with Crippen molar-refractivity contribution in [2.75, 3.05) is 18.9 Å². The van der Waals surface area contributed by atoms with Gasteiger partial charge in [0.05, 0.1) is 6.54 Å². The summed E-state index contributed by atoms with van der Waals surface area (Å²) in [5.74, 6) is 1.24. The van der Waals surface area contributed by atoms with Crippen molar-refractivity contribution >= 4 is 11.7 Å². The molecule has 1 aromatic carbocycles. The van der Waals surface area contributed by atoms with Crippen LogP contribution in [0.4, 0.5) is 5.82 Å². The van der Waals surface area contributed by atoms with E-state index in [4.69, 9.17) is 0 Å². The minimum Gasteiger partial charge on any atom is -0.361 e. The van der Waals surface area contributed by atoms with Crippen LogP contribution in [0, 0.1) is 6.92 Å². The van der Waals surface area contributed by atoms with Crippen molar-refractivity contribution in [3.05, 3.63) is 72.2 Å². The van der Waals surface area contributed by atoms with Crippen LogP contribution in [-0.2, 0) is 11.3 Å². The van der Waals surface area contributed by atoms with Gasteiger partial charge in [-0.15, -0.1) is 0 Å². The molecule has 0 bridgehead atoms. The maximum Gasteiger partial charge on any atom is 0.241 e. The fraction of sp³-hybridized carbons (Fsp3) is 0.200. The van der Waals surface area contributed by atoms with Crippen molar-refractivity contribution in [1.82, 2.24) is 19.9 Å². The maximum absolute atomic E-state index is 12.4. The Hall–Kier alpha value is -3.28. The Balaban J connectivity index is 1.64. The summed E-state index contributed by atoms with van der Waals surface area (Å²) in [7, 11) is 1.80. The fourth-order valence-corrected chi connectivity index (χ4v) is 2.54. The van der Waals surface area contributed by atoms with Gasteiger partial charge in [-0.2, -0.15) is 0 Å². The van der Waals surface area contributed by atoms with Crippen LogP contribution in [0.3, 0.4) is 0 Å². The molecule has 6 heteroatoms. The summed E-state index contributed by atoms with van der Waals surface area (Å²) in [6, 6.07) is 15.5. The number of carbonyl (C=O) groups is 1. The SMILES string of the molecule is Cc1cc(NCC(=O)N(C)Cc2ccccc2)nc(-c2ccncc2)n1. The van der Waals surface area contributed by atoms with Crippen LogP contribution in [0.5, 0.6) is 0 Å². The zero-order chi connectivity index (χ0) is 18.4. The molecule has 0 saturated heterocycles. The van der Waals surface area contributed by atoms with Crippen LogP contribution in [0.2, 0.25) is 0 Å². The summed E-state index contributed by atoms with van der Waals surface area (Å²) in [4.78, 5) is 27.0. The number of aromatic nitrogens is 3. The highest BCUT2D eigenvalue weighted by Gasteiger charge is 2.10. The van der Waals surface area contributed by atoms with E-state index in [1.807, 2.05) is 55.5 Å². The first-order valence-corrected chi connectivity index (χ1v) is 8.39. The lowest BCUT2D eigenvalue weighted by molar-refractivity contribution is -0.128. The highest BCUT2D eigenvalue weighted by Crippen LogP contribution is 2.16. The largest absolute Gasteiger partial charge is 0.361 e. The summed E-state index contributed by atoms with van der Waals surface area (Å²) in [6.45, 7) is 2.66. The van der Waals surface area contributed by atoms with Gasteiger partial charge in [-0.3, -0.25) is 9.78 Å². The van der Waals surface area contributed by atoms with Gasteiger partial charge in [0, 0.05) is 43.3 Å². The molecule has 3 rings (SSSR count). The third-order valence-corrected chi connectivity index (χ3v) is 3.90. The quantitative estimate of drug-likeness (QED) is 0.742. The van der Waals surface area contributed by atoms with Crippen molar-refractivity contribution in [1.29, 1.82) is 0 Å². The van der Waals surface area contributed by atoms with Crippen LogP contribution in [0.25, 0.3) is 11.4 Å². The molecule has 2 heterocycles. The first-order chi connectivity index (χ1) is 12.6. The standard InChI is InChI=1S/C20H21N5O/c1-15-12-18(24-20(23-15)17-8-10-21-11-9-17)22-13-19(26)25(2)14-16-6-4-3-5-7-16/h3-12H,13-14H2,1-2H3,(H,22,23,24). The molecular formula is C20H21N5O. The molecule has 0 fully saturated rings. The number of hydrogen-bond acceptors (Lipinski definition) is 5. The highest BCUT2D eigenvalue weighted by molar-refractivity contribution is 5.80. The second kappa shape index (κ2) is 8.20. The first kappa shape index (κ1) is 17.5. The molecule has 3 aromatic rings. The number of carbonyl (C=O) groups excluding carboxylic acids is 1. The minimum atomic E-state index is -0.00409. The molecule has 0 radical (unpaired) electrons. The minimum absolute atomic E-state index is 0.00409. The summed E-state index contributed by atoms with van der Waals surface area (Å²) in [6.07, 6.45) is 3.41. The number of benzene rings is 1. The van der Waals surface area contributed by atoms with Crippen molar-refractivity contribution in [3.63, 3.8) is 0 Å². The van der Waals surface area contributed by atoms with E-state index in [1.165, 1.54) is 0 Å². The van der Waals surface area contributed by atoms with E-state index in [2.05, 4.69) is 20.3 Å². The number of pyridine rings is 1. The molecule has 2 aromatic heterocycles. The van der Waals surface area contributed by atoms with E-state index >= 15 is 0 Å². The average molecular weight is 347 g/mol. The van der Waals surface area contributed by atoms with Gasteiger partial charge in [-0.25, -0.2) is 9.97 Å². The van der Waals surface area contributed by atoms with Crippen LogP contribution in [0.15, 0.2) is 60.9 Å². The average Bonchev–Trinajstić information content (AvgIpc) is 2.67. The van der Waals surface area contributed by atoms with E-state index < -0.39 is 0 Å². The number of nitrogens with one attached hydrogen (secondary N) is 1. The molecule has 0 unspecified atom stereocenters. The number of hydrogen-bond donors (Lipinski definition) is 1. The Labute approximate surface area is 153 Å². The number of aryl methyl sites for hydroxylation is 1. The topological polar surface area (TPSA) is 71.0 Å². The number of nitrogens with zero attached hydrogens (tertiary/aromatic N) is 4. The summed E-state index contributed by atoms with van der Waals surface area (Å²) < 4.78 is 0. The third-order valence-electron chi connectivity index (χ3n) is 3.90. The monoisotopic (exact) mass is 347 g/mol. The van der Waals surface area contributed by atoms with Crippen LogP contribution in [0.1, 0.15) is 11.3 Å².